The number of hydrogen-bond donors (Lipinski definition) is 1. The molecular weight excluding hydrogens is 402 g/mol. The van der Waals surface area contributed by atoms with Crippen molar-refractivity contribution in [2.75, 3.05) is 0 Å². The summed E-state index contributed by atoms with van der Waals surface area (Å²) in [6.45, 7) is 0. The lowest BCUT2D eigenvalue weighted by Gasteiger charge is -2.04. The number of nitrogens with zero attached hydrogens (tertiary/aromatic N) is 4. The molecule has 0 atom stereocenters. The Morgan fingerprint density at radius 3 is 1.84 bits per heavy atom. The summed E-state index contributed by atoms with van der Waals surface area (Å²) in [6, 6.07) is 18.2. The van der Waals surface area contributed by atoms with Crippen LogP contribution in [0.25, 0.3) is 0 Å². The Kier molecular flexibility index (Phi) is 6.54. The van der Waals surface area contributed by atoms with E-state index in [1.807, 2.05) is 0 Å². The van der Waals surface area contributed by atoms with Crippen LogP contribution in [-0.4, -0.2) is 28.2 Å². The standard InChI is InChI=1S/C21H15N5O5/c27-21(24-23-14-16-7-11-18(12-8-16)26(30)31)19-3-1-2-4-20(19)22-13-15-5-9-17(10-6-15)25(28)29/h1-14H,(H,24,27)/b22-13?,23-14+. The van der Waals surface area contributed by atoms with E-state index in [1.165, 1.54) is 48.8 Å². The summed E-state index contributed by atoms with van der Waals surface area (Å²) in [6.07, 6.45) is 2.86. The van der Waals surface area contributed by atoms with Crippen molar-refractivity contribution in [3.63, 3.8) is 0 Å². The number of hydrazone groups is 1. The first-order chi connectivity index (χ1) is 14.9. The molecular formula is C21H15N5O5. The molecule has 10 nitrogen and oxygen atoms in total. The lowest BCUT2D eigenvalue weighted by atomic mass is 10.1. The van der Waals surface area contributed by atoms with Crippen molar-refractivity contribution in [1.82, 2.24) is 5.43 Å². The highest BCUT2D eigenvalue weighted by Crippen LogP contribution is 2.19. The number of rotatable bonds is 7. The molecule has 0 aromatic heterocycles. The average Bonchev–Trinajstić information content (AvgIpc) is 2.78. The van der Waals surface area contributed by atoms with Gasteiger partial charge in [-0.3, -0.25) is 30.0 Å². The minimum Gasteiger partial charge on any atom is -0.267 e. The summed E-state index contributed by atoms with van der Waals surface area (Å²) in [5.74, 6) is -0.491. The zero-order valence-electron chi connectivity index (χ0n) is 15.9. The van der Waals surface area contributed by atoms with Crippen LogP contribution in [0, 0.1) is 20.2 Å². The van der Waals surface area contributed by atoms with Gasteiger partial charge in [0.1, 0.15) is 0 Å². The van der Waals surface area contributed by atoms with Crippen molar-refractivity contribution >= 4 is 35.4 Å². The van der Waals surface area contributed by atoms with Gasteiger partial charge in [0.15, 0.2) is 0 Å². The number of para-hydroxylation sites is 1. The van der Waals surface area contributed by atoms with E-state index >= 15 is 0 Å². The van der Waals surface area contributed by atoms with Crippen molar-refractivity contribution in [2.45, 2.75) is 0 Å². The van der Waals surface area contributed by atoms with E-state index < -0.39 is 15.8 Å². The molecule has 31 heavy (non-hydrogen) atoms. The fraction of sp³-hybridized carbons (Fsp3) is 0. The quantitative estimate of drug-likeness (QED) is 0.351. The van der Waals surface area contributed by atoms with Crippen molar-refractivity contribution in [3.05, 3.63) is 110 Å². The van der Waals surface area contributed by atoms with Crippen LogP contribution in [0.5, 0.6) is 0 Å². The number of nitrogens with one attached hydrogen (secondary N) is 1. The first kappa shape index (κ1) is 21.0. The number of benzene rings is 3. The Labute approximate surface area is 175 Å². The highest BCUT2D eigenvalue weighted by atomic mass is 16.6. The van der Waals surface area contributed by atoms with Gasteiger partial charge >= 0.3 is 0 Å². The first-order valence-electron chi connectivity index (χ1n) is 8.89. The second kappa shape index (κ2) is 9.65. The van der Waals surface area contributed by atoms with Crippen LogP contribution in [0.2, 0.25) is 0 Å². The summed E-state index contributed by atoms with van der Waals surface area (Å²) >= 11 is 0. The number of carbonyl (C=O) groups excluding carboxylic acids is 1. The van der Waals surface area contributed by atoms with Gasteiger partial charge in [-0.25, -0.2) is 5.43 Å². The minimum absolute atomic E-state index is 0.0252. The van der Waals surface area contributed by atoms with Gasteiger partial charge < -0.3 is 0 Å². The van der Waals surface area contributed by atoms with Crippen LogP contribution in [0.3, 0.4) is 0 Å². The van der Waals surface area contributed by atoms with Crippen molar-refractivity contribution < 1.29 is 14.6 Å². The molecule has 3 aromatic carbocycles. The van der Waals surface area contributed by atoms with E-state index in [1.54, 1.807) is 36.4 Å². The molecule has 0 radical (unpaired) electrons. The Morgan fingerprint density at radius 2 is 1.29 bits per heavy atom. The summed E-state index contributed by atoms with van der Waals surface area (Å²) in [5.41, 5.74) is 4.21. The van der Waals surface area contributed by atoms with Gasteiger partial charge in [-0.2, -0.15) is 5.10 Å². The van der Waals surface area contributed by atoms with E-state index in [2.05, 4.69) is 15.5 Å². The van der Waals surface area contributed by atoms with E-state index in [0.717, 1.165) is 0 Å². The van der Waals surface area contributed by atoms with Crippen LogP contribution in [0.4, 0.5) is 17.1 Å². The highest BCUT2D eigenvalue weighted by Gasteiger charge is 2.09. The number of nitro groups is 2. The lowest BCUT2D eigenvalue weighted by molar-refractivity contribution is -0.385. The Morgan fingerprint density at radius 1 is 0.774 bits per heavy atom. The van der Waals surface area contributed by atoms with Crippen LogP contribution in [-0.2, 0) is 0 Å². The molecule has 10 heteroatoms. The molecule has 0 aliphatic carbocycles. The largest absolute Gasteiger partial charge is 0.273 e. The van der Waals surface area contributed by atoms with Gasteiger partial charge in [0.05, 0.1) is 27.3 Å². The molecule has 0 fully saturated rings. The number of amides is 1. The number of aliphatic imine (C=N–C) groups is 1. The SMILES string of the molecule is O=C(N/N=C/c1ccc([N+](=O)[O-])cc1)c1ccccc1N=Cc1ccc([N+](=O)[O-])cc1. The molecule has 0 heterocycles. The van der Waals surface area contributed by atoms with Crippen molar-refractivity contribution in [2.24, 2.45) is 10.1 Å². The van der Waals surface area contributed by atoms with Crippen LogP contribution in [0.1, 0.15) is 21.5 Å². The number of non-ortho nitro benzene ring substituents is 2. The number of nitro benzene ring substituents is 2. The monoisotopic (exact) mass is 417 g/mol. The van der Waals surface area contributed by atoms with Gasteiger partial charge in [0.2, 0.25) is 0 Å². The smallest absolute Gasteiger partial charge is 0.267 e. The third-order valence-electron chi connectivity index (χ3n) is 4.09. The predicted molar refractivity (Wildman–Crippen MR) is 115 cm³/mol. The maximum absolute atomic E-state index is 12.5. The highest BCUT2D eigenvalue weighted by molar-refractivity contribution is 6.00. The fourth-order valence-corrected chi connectivity index (χ4v) is 2.51. The Balaban J connectivity index is 1.69. The van der Waals surface area contributed by atoms with Gasteiger partial charge in [-0.05, 0) is 47.5 Å². The van der Waals surface area contributed by atoms with Crippen LogP contribution in [0.15, 0.2) is 82.9 Å². The summed E-state index contributed by atoms with van der Waals surface area (Å²) in [4.78, 5) is 37.2. The Hall–Kier alpha value is -4.73. The molecule has 1 amide bonds. The van der Waals surface area contributed by atoms with Crippen molar-refractivity contribution in [1.29, 1.82) is 0 Å². The van der Waals surface area contributed by atoms with Gasteiger partial charge in [0.25, 0.3) is 17.3 Å². The molecule has 3 rings (SSSR count). The maximum atomic E-state index is 12.5. The normalized spacial score (nSPS) is 11.0. The lowest BCUT2D eigenvalue weighted by Crippen LogP contribution is -2.17. The van der Waals surface area contributed by atoms with Crippen LogP contribution < -0.4 is 5.43 Å². The minimum atomic E-state index is -0.503. The van der Waals surface area contributed by atoms with E-state index in [4.69, 9.17) is 0 Å². The molecule has 154 valence electrons. The van der Waals surface area contributed by atoms with Gasteiger partial charge in [-0.1, -0.05) is 12.1 Å². The predicted octanol–water partition coefficient (Wildman–Crippen LogP) is 4.02. The van der Waals surface area contributed by atoms with E-state index in [-0.39, 0.29) is 16.9 Å². The van der Waals surface area contributed by atoms with Crippen LogP contribution >= 0.6 is 0 Å². The third-order valence-corrected chi connectivity index (χ3v) is 4.09. The number of hydrogen-bond acceptors (Lipinski definition) is 7. The zero-order chi connectivity index (χ0) is 22.2. The van der Waals surface area contributed by atoms with Crippen molar-refractivity contribution in [3.8, 4) is 0 Å². The topological polar surface area (TPSA) is 140 Å². The summed E-state index contributed by atoms with van der Waals surface area (Å²) in [7, 11) is 0. The summed E-state index contributed by atoms with van der Waals surface area (Å²) < 4.78 is 0. The molecule has 0 saturated carbocycles. The van der Waals surface area contributed by atoms with E-state index in [9.17, 15) is 25.0 Å². The molecule has 0 saturated heterocycles. The zero-order valence-corrected chi connectivity index (χ0v) is 15.9. The second-order valence-corrected chi connectivity index (χ2v) is 6.17. The molecule has 0 spiro atoms. The first-order valence-corrected chi connectivity index (χ1v) is 8.89. The molecule has 3 aromatic rings. The average molecular weight is 417 g/mol. The fourth-order valence-electron chi connectivity index (χ4n) is 2.51. The summed E-state index contributed by atoms with van der Waals surface area (Å²) in [5, 5.41) is 25.3. The third kappa shape index (κ3) is 5.64. The van der Waals surface area contributed by atoms with E-state index in [0.29, 0.717) is 16.8 Å². The number of carbonyl (C=O) groups is 1. The maximum Gasteiger partial charge on any atom is 0.273 e. The molecule has 0 aliphatic rings. The van der Waals surface area contributed by atoms with Gasteiger partial charge in [0, 0.05) is 30.5 Å². The second-order valence-electron chi connectivity index (χ2n) is 6.17. The van der Waals surface area contributed by atoms with Gasteiger partial charge in [-0.15, -0.1) is 0 Å². The molecule has 0 aliphatic heterocycles. The Bertz CT molecular complexity index is 1170. The molecule has 1 N–H and O–H groups in total. The molecule has 0 bridgehead atoms. The molecule has 0 unspecified atom stereocenters.